The van der Waals surface area contributed by atoms with E-state index in [1.165, 1.54) is 69.9 Å². The highest BCUT2D eigenvalue weighted by Crippen LogP contribution is 2.34. The third-order valence-electron chi connectivity index (χ3n) is 7.18. The van der Waals surface area contributed by atoms with Crippen molar-refractivity contribution < 1.29 is 19.1 Å². The average molecular weight is 573 g/mol. The van der Waals surface area contributed by atoms with Gasteiger partial charge < -0.3 is 20.0 Å². The Kier molecular flexibility index (Phi) is 15.8. The van der Waals surface area contributed by atoms with Crippen molar-refractivity contribution in [3.8, 4) is 0 Å². The van der Waals surface area contributed by atoms with Crippen molar-refractivity contribution in [2.45, 2.75) is 91.4 Å². The molecule has 0 heterocycles. The Morgan fingerprint density at radius 2 is 1.45 bits per heavy atom. The molecule has 0 radical (unpaired) electrons. The number of nitrogens with zero attached hydrogens (tertiary/aromatic N) is 3. The Labute approximate surface area is 240 Å². The first-order valence-corrected chi connectivity index (χ1v) is 16.6. The van der Waals surface area contributed by atoms with Crippen LogP contribution in [0, 0.1) is 5.92 Å². The van der Waals surface area contributed by atoms with Crippen LogP contribution < -0.4 is 15.5 Å². The monoisotopic (exact) mass is 572 g/mol. The molecule has 0 saturated heterocycles. The number of amides is 1. The first-order chi connectivity index (χ1) is 19.2. The van der Waals surface area contributed by atoms with Gasteiger partial charge in [-0.25, -0.2) is 0 Å². The van der Waals surface area contributed by atoms with Crippen molar-refractivity contribution in [3.63, 3.8) is 0 Å². The molecular weight excluding hydrogens is 523 g/mol. The van der Waals surface area contributed by atoms with Crippen LogP contribution in [0.25, 0.3) is 0 Å². The van der Waals surface area contributed by atoms with Gasteiger partial charge in [-0.15, -0.1) is 0 Å². The summed E-state index contributed by atoms with van der Waals surface area (Å²) in [5.41, 5.74) is 2.09. The zero-order valence-electron chi connectivity index (χ0n) is 24.6. The predicted molar refractivity (Wildman–Crippen MR) is 165 cm³/mol. The van der Waals surface area contributed by atoms with E-state index in [0.717, 1.165) is 31.6 Å². The van der Waals surface area contributed by atoms with Crippen molar-refractivity contribution >= 4 is 35.9 Å². The second-order valence-electron chi connectivity index (χ2n) is 10.5. The van der Waals surface area contributed by atoms with Crippen LogP contribution in [0.5, 0.6) is 0 Å². The molecule has 3 N–H and O–H groups in total. The lowest BCUT2D eigenvalue weighted by Crippen LogP contribution is -2.37. The first-order valence-electron chi connectivity index (χ1n) is 14.9. The average Bonchev–Trinajstić information content (AvgIpc) is 2.95. The zero-order chi connectivity index (χ0) is 29.2. The largest absolute Gasteiger partial charge is 0.370 e. The summed E-state index contributed by atoms with van der Waals surface area (Å²) < 4.78 is 11.5. The Morgan fingerprint density at radius 1 is 0.850 bits per heavy atom. The summed E-state index contributed by atoms with van der Waals surface area (Å²) in [4.78, 5) is 33.3. The smallest absolute Gasteiger partial charge is 0.356 e. The van der Waals surface area contributed by atoms with Crippen molar-refractivity contribution in [1.29, 1.82) is 0 Å². The molecule has 1 amide bonds. The fourth-order valence-corrected chi connectivity index (χ4v) is 5.00. The minimum absolute atomic E-state index is 0.0162. The molecule has 2 aromatic carbocycles. The standard InChI is InChI=1S/C31H49N4O4P/c1-4-6-7-8-9-10-11-12-13-14-23-35(24-22-32-31(36)26(3)5-2)29-20-18-27(19-21-29)33-34-28-16-15-17-30(25-28)40(37,38)39/h15-21,25-26H,4-14,22-24H2,1-3H3,(H,32,36)(H2,37,38,39)/b34-33+/t26-/m0/s1. The second kappa shape index (κ2) is 18.7. The molecule has 0 spiro atoms. The lowest BCUT2D eigenvalue weighted by Gasteiger charge is -2.25. The number of unbranched alkanes of at least 4 members (excludes halogenated alkanes) is 9. The maximum absolute atomic E-state index is 12.2. The highest BCUT2D eigenvalue weighted by molar-refractivity contribution is 7.60. The van der Waals surface area contributed by atoms with Crippen LogP contribution in [0.3, 0.4) is 0 Å². The van der Waals surface area contributed by atoms with E-state index in [-0.39, 0.29) is 17.1 Å². The molecule has 1 atom stereocenters. The number of hydrogen-bond donors (Lipinski definition) is 3. The van der Waals surface area contributed by atoms with E-state index in [0.29, 0.717) is 17.9 Å². The van der Waals surface area contributed by atoms with Gasteiger partial charge in [0, 0.05) is 31.2 Å². The van der Waals surface area contributed by atoms with Gasteiger partial charge in [0.25, 0.3) is 0 Å². The van der Waals surface area contributed by atoms with Crippen LogP contribution in [0.15, 0.2) is 58.8 Å². The minimum atomic E-state index is -4.34. The number of hydrogen-bond acceptors (Lipinski definition) is 5. The Bertz CT molecular complexity index is 1070. The number of azo groups is 1. The van der Waals surface area contributed by atoms with Gasteiger partial charge in [0.05, 0.1) is 16.7 Å². The van der Waals surface area contributed by atoms with E-state index in [4.69, 9.17) is 0 Å². The lowest BCUT2D eigenvalue weighted by atomic mass is 10.1. The number of carbonyl (C=O) groups excluding carboxylic acids is 1. The lowest BCUT2D eigenvalue weighted by molar-refractivity contribution is -0.124. The van der Waals surface area contributed by atoms with Crippen molar-refractivity contribution in [1.82, 2.24) is 5.32 Å². The number of rotatable bonds is 20. The number of anilines is 1. The highest BCUT2D eigenvalue weighted by atomic mass is 31.2. The Morgan fingerprint density at radius 3 is 2.05 bits per heavy atom. The summed E-state index contributed by atoms with van der Waals surface area (Å²) in [6, 6.07) is 13.7. The quantitative estimate of drug-likeness (QED) is 0.0851. The molecule has 0 fully saturated rings. The maximum atomic E-state index is 12.2. The maximum Gasteiger partial charge on any atom is 0.356 e. The summed E-state index contributed by atoms with van der Waals surface area (Å²) in [6.07, 6.45) is 13.7. The molecule has 2 aromatic rings. The normalized spacial score (nSPS) is 12.5. The van der Waals surface area contributed by atoms with Gasteiger partial charge in [-0.05, 0) is 55.3 Å². The van der Waals surface area contributed by atoms with Gasteiger partial charge in [-0.2, -0.15) is 10.2 Å². The molecule has 40 heavy (non-hydrogen) atoms. The Balaban J connectivity index is 1.93. The number of benzene rings is 2. The summed E-state index contributed by atoms with van der Waals surface area (Å²) in [5, 5.41) is 11.4. The van der Waals surface area contributed by atoms with Crippen LogP contribution in [0.2, 0.25) is 0 Å². The van der Waals surface area contributed by atoms with Crippen LogP contribution in [0.1, 0.15) is 91.4 Å². The molecule has 8 nitrogen and oxygen atoms in total. The van der Waals surface area contributed by atoms with Gasteiger partial charge in [-0.3, -0.25) is 9.36 Å². The van der Waals surface area contributed by atoms with Gasteiger partial charge in [0.1, 0.15) is 0 Å². The molecule has 0 aliphatic carbocycles. The predicted octanol–water partition coefficient (Wildman–Crippen LogP) is 7.79. The van der Waals surface area contributed by atoms with E-state index in [2.05, 4.69) is 27.4 Å². The van der Waals surface area contributed by atoms with Crippen LogP contribution in [-0.4, -0.2) is 35.3 Å². The molecule has 222 valence electrons. The summed E-state index contributed by atoms with van der Waals surface area (Å²) in [5.74, 6) is 0.113. The topological polar surface area (TPSA) is 115 Å². The van der Waals surface area contributed by atoms with Gasteiger partial charge in [-0.1, -0.05) is 84.6 Å². The number of carbonyl (C=O) groups is 1. The van der Waals surface area contributed by atoms with Crippen LogP contribution in [0.4, 0.5) is 17.1 Å². The number of nitrogens with one attached hydrogen (secondary N) is 1. The molecule has 0 bridgehead atoms. The SMILES string of the molecule is CCCCCCCCCCCCN(CCNC(=O)[C@@H](C)CC)c1ccc(/N=N/c2cccc(P(=O)(O)O)c2)cc1. The van der Waals surface area contributed by atoms with E-state index in [9.17, 15) is 19.1 Å². The van der Waals surface area contributed by atoms with Gasteiger partial charge >= 0.3 is 7.60 Å². The second-order valence-corrected chi connectivity index (χ2v) is 12.2. The minimum Gasteiger partial charge on any atom is -0.370 e. The van der Waals surface area contributed by atoms with Crippen molar-refractivity contribution in [2.75, 3.05) is 24.5 Å². The van der Waals surface area contributed by atoms with Gasteiger partial charge in [0.2, 0.25) is 5.91 Å². The summed E-state index contributed by atoms with van der Waals surface area (Å²) >= 11 is 0. The van der Waals surface area contributed by atoms with E-state index in [1.807, 2.05) is 38.1 Å². The molecule has 2 rings (SSSR count). The van der Waals surface area contributed by atoms with Gasteiger partial charge in [0.15, 0.2) is 0 Å². The molecule has 0 aliphatic heterocycles. The highest BCUT2D eigenvalue weighted by Gasteiger charge is 2.17. The zero-order valence-corrected chi connectivity index (χ0v) is 25.5. The summed E-state index contributed by atoms with van der Waals surface area (Å²) in [6.45, 7) is 8.48. The fourth-order valence-electron chi connectivity index (χ4n) is 4.42. The molecule has 0 aliphatic rings. The molecule has 0 unspecified atom stereocenters. The molecule has 9 heteroatoms. The Hall–Kier alpha value is -2.54. The molecule has 0 aromatic heterocycles. The van der Waals surface area contributed by atoms with E-state index in [1.54, 1.807) is 12.1 Å². The third kappa shape index (κ3) is 13.2. The molecular formula is C31H49N4O4P. The van der Waals surface area contributed by atoms with Crippen molar-refractivity contribution in [2.24, 2.45) is 16.1 Å². The van der Waals surface area contributed by atoms with Crippen LogP contribution >= 0.6 is 7.60 Å². The van der Waals surface area contributed by atoms with E-state index < -0.39 is 7.60 Å². The van der Waals surface area contributed by atoms with Crippen LogP contribution in [-0.2, 0) is 9.36 Å². The first kappa shape index (κ1) is 33.7. The fraction of sp³-hybridized carbons (Fsp3) is 0.581. The van der Waals surface area contributed by atoms with Crippen molar-refractivity contribution in [3.05, 3.63) is 48.5 Å². The van der Waals surface area contributed by atoms with E-state index >= 15 is 0 Å². The third-order valence-corrected chi connectivity index (χ3v) is 8.14. The molecule has 0 saturated carbocycles. The summed E-state index contributed by atoms with van der Waals surface area (Å²) in [7, 11) is -4.34.